The van der Waals surface area contributed by atoms with Crippen molar-refractivity contribution >= 4 is 17.7 Å². The number of aliphatic carboxylic acids is 1. The molecule has 20 heavy (non-hydrogen) atoms. The number of carbonyl (C=O) groups excluding carboxylic acids is 1. The first kappa shape index (κ1) is 14.3. The summed E-state index contributed by atoms with van der Waals surface area (Å²) in [6.45, 7) is 1.79. The number of hydrogen-bond acceptors (Lipinski definition) is 2. The van der Waals surface area contributed by atoms with Gasteiger partial charge in [-0.15, -0.1) is 0 Å². The third-order valence-electron chi connectivity index (χ3n) is 3.27. The molecule has 0 aliphatic heterocycles. The van der Waals surface area contributed by atoms with E-state index in [1.807, 2.05) is 0 Å². The van der Waals surface area contributed by atoms with Crippen LogP contribution in [0, 0.1) is 18.7 Å². The second-order valence-electron chi connectivity index (χ2n) is 5.12. The standard InChI is InChI=1S/C14H17FN2O3/c1-8-2-5-10(15)12(6-8)17-14(20)16-11(7-13(18)19)9-3-4-9/h2,5-6,9,11H,3-4,7H2,1H3,(H,18,19)(H2,16,17,20). The Labute approximate surface area is 116 Å². The fourth-order valence-corrected chi connectivity index (χ4v) is 2.08. The monoisotopic (exact) mass is 280 g/mol. The summed E-state index contributed by atoms with van der Waals surface area (Å²) in [6, 6.07) is 3.43. The van der Waals surface area contributed by atoms with Gasteiger partial charge in [0.05, 0.1) is 12.1 Å². The second kappa shape index (κ2) is 5.90. The van der Waals surface area contributed by atoms with Crippen LogP contribution in [-0.4, -0.2) is 23.1 Å². The van der Waals surface area contributed by atoms with Gasteiger partial charge in [0.15, 0.2) is 0 Å². The topological polar surface area (TPSA) is 78.4 Å². The molecule has 1 aromatic carbocycles. The lowest BCUT2D eigenvalue weighted by molar-refractivity contribution is -0.137. The van der Waals surface area contributed by atoms with Crippen molar-refractivity contribution in [2.45, 2.75) is 32.2 Å². The minimum Gasteiger partial charge on any atom is -0.481 e. The molecule has 2 rings (SSSR count). The van der Waals surface area contributed by atoms with Crippen LogP contribution < -0.4 is 10.6 Å². The second-order valence-corrected chi connectivity index (χ2v) is 5.12. The number of benzene rings is 1. The summed E-state index contributed by atoms with van der Waals surface area (Å²) < 4.78 is 13.5. The summed E-state index contributed by atoms with van der Waals surface area (Å²) in [5, 5.41) is 13.8. The molecule has 1 aromatic rings. The lowest BCUT2D eigenvalue weighted by Crippen LogP contribution is -2.40. The van der Waals surface area contributed by atoms with Crippen LogP contribution >= 0.6 is 0 Å². The van der Waals surface area contributed by atoms with E-state index in [9.17, 15) is 14.0 Å². The maximum Gasteiger partial charge on any atom is 0.319 e. The molecule has 1 atom stereocenters. The number of urea groups is 1. The number of anilines is 1. The number of nitrogens with one attached hydrogen (secondary N) is 2. The zero-order chi connectivity index (χ0) is 14.7. The average Bonchev–Trinajstić information content (AvgIpc) is 3.16. The van der Waals surface area contributed by atoms with Crippen molar-refractivity contribution in [1.82, 2.24) is 5.32 Å². The Bertz CT molecular complexity index is 529. The molecule has 0 bridgehead atoms. The number of hydrogen-bond donors (Lipinski definition) is 3. The van der Waals surface area contributed by atoms with Crippen LogP contribution in [-0.2, 0) is 4.79 Å². The largest absolute Gasteiger partial charge is 0.481 e. The molecule has 0 radical (unpaired) electrons. The van der Waals surface area contributed by atoms with E-state index in [0.29, 0.717) is 0 Å². The fraction of sp³-hybridized carbons (Fsp3) is 0.429. The van der Waals surface area contributed by atoms with Crippen molar-refractivity contribution in [3.8, 4) is 0 Å². The Hall–Kier alpha value is -2.11. The van der Waals surface area contributed by atoms with E-state index in [1.165, 1.54) is 12.1 Å². The summed E-state index contributed by atoms with van der Waals surface area (Å²) >= 11 is 0. The molecule has 1 aliphatic rings. The van der Waals surface area contributed by atoms with Crippen LogP contribution in [0.5, 0.6) is 0 Å². The predicted molar refractivity (Wildman–Crippen MR) is 72.1 cm³/mol. The van der Waals surface area contributed by atoms with E-state index in [-0.39, 0.29) is 18.0 Å². The van der Waals surface area contributed by atoms with Gasteiger partial charge in [-0.05, 0) is 43.4 Å². The van der Waals surface area contributed by atoms with E-state index in [0.717, 1.165) is 18.4 Å². The molecule has 1 fully saturated rings. The van der Waals surface area contributed by atoms with Crippen molar-refractivity contribution in [3.63, 3.8) is 0 Å². The van der Waals surface area contributed by atoms with Gasteiger partial charge in [0, 0.05) is 6.04 Å². The first-order valence-corrected chi connectivity index (χ1v) is 6.51. The van der Waals surface area contributed by atoms with Gasteiger partial charge in [0.2, 0.25) is 0 Å². The van der Waals surface area contributed by atoms with Gasteiger partial charge < -0.3 is 15.7 Å². The number of carboxylic acid groups (broad SMARTS) is 1. The van der Waals surface area contributed by atoms with Crippen molar-refractivity contribution in [2.24, 2.45) is 5.92 Å². The highest BCUT2D eigenvalue weighted by molar-refractivity contribution is 5.90. The number of halogens is 1. The Balaban J connectivity index is 1.96. The van der Waals surface area contributed by atoms with Crippen molar-refractivity contribution in [3.05, 3.63) is 29.6 Å². The summed E-state index contributed by atoms with van der Waals surface area (Å²) in [6.07, 6.45) is 1.71. The Morgan fingerprint density at radius 3 is 2.75 bits per heavy atom. The maximum atomic E-state index is 13.5. The van der Waals surface area contributed by atoms with Gasteiger partial charge in [-0.1, -0.05) is 6.07 Å². The maximum absolute atomic E-state index is 13.5. The molecule has 0 heterocycles. The lowest BCUT2D eigenvalue weighted by atomic mass is 10.1. The quantitative estimate of drug-likeness (QED) is 0.775. The van der Waals surface area contributed by atoms with Crippen molar-refractivity contribution in [2.75, 3.05) is 5.32 Å². The van der Waals surface area contributed by atoms with Crippen LogP contribution in [0.2, 0.25) is 0 Å². The highest BCUT2D eigenvalue weighted by Gasteiger charge is 2.33. The summed E-state index contributed by atoms with van der Waals surface area (Å²) in [7, 11) is 0. The third kappa shape index (κ3) is 3.94. The normalized spacial score (nSPS) is 15.5. The van der Waals surface area contributed by atoms with Gasteiger partial charge in [-0.25, -0.2) is 9.18 Å². The molecule has 1 saturated carbocycles. The average molecular weight is 280 g/mol. The molecule has 1 aliphatic carbocycles. The molecule has 5 nitrogen and oxygen atoms in total. The SMILES string of the molecule is Cc1ccc(F)c(NC(=O)NC(CC(=O)O)C2CC2)c1. The molecule has 6 heteroatoms. The minimum absolute atomic E-state index is 0.0902. The van der Waals surface area contributed by atoms with E-state index in [2.05, 4.69) is 10.6 Å². The molecule has 3 N–H and O–H groups in total. The number of carboxylic acids is 1. The highest BCUT2D eigenvalue weighted by atomic mass is 19.1. The number of carbonyl (C=O) groups is 2. The van der Waals surface area contributed by atoms with Gasteiger partial charge in [-0.3, -0.25) is 4.79 Å². The Morgan fingerprint density at radius 2 is 2.15 bits per heavy atom. The number of aryl methyl sites for hydroxylation is 1. The molecule has 0 saturated heterocycles. The van der Waals surface area contributed by atoms with Crippen LogP contribution in [0.4, 0.5) is 14.9 Å². The van der Waals surface area contributed by atoms with Crippen LogP contribution in [0.1, 0.15) is 24.8 Å². The Morgan fingerprint density at radius 1 is 1.45 bits per heavy atom. The van der Waals surface area contributed by atoms with Crippen LogP contribution in [0.15, 0.2) is 18.2 Å². The zero-order valence-corrected chi connectivity index (χ0v) is 11.1. The van der Waals surface area contributed by atoms with Crippen molar-refractivity contribution < 1.29 is 19.1 Å². The van der Waals surface area contributed by atoms with Gasteiger partial charge in [-0.2, -0.15) is 0 Å². The third-order valence-corrected chi connectivity index (χ3v) is 3.27. The van der Waals surface area contributed by atoms with Gasteiger partial charge in [0.25, 0.3) is 0 Å². The van der Waals surface area contributed by atoms with Crippen LogP contribution in [0.3, 0.4) is 0 Å². The molecule has 0 spiro atoms. The van der Waals surface area contributed by atoms with E-state index in [4.69, 9.17) is 5.11 Å². The molecular formula is C14H17FN2O3. The van der Waals surface area contributed by atoms with Gasteiger partial charge in [0.1, 0.15) is 5.82 Å². The Kier molecular flexibility index (Phi) is 4.22. The van der Waals surface area contributed by atoms with Gasteiger partial charge >= 0.3 is 12.0 Å². The summed E-state index contributed by atoms with van der Waals surface area (Å²) in [4.78, 5) is 22.6. The minimum atomic E-state index is -0.955. The first-order valence-electron chi connectivity index (χ1n) is 6.51. The molecule has 0 aromatic heterocycles. The molecule has 108 valence electrons. The van der Waals surface area contributed by atoms with E-state index >= 15 is 0 Å². The van der Waals surface area contributed by atoms with E-state index in [1.54, 1.807) is 13.0 Å². The summed E-state index contributed by atoms with van der Waals surface area (Å²) in [5.74, 6) is -1.27. The predicted octanol–water partition coefficient (Wildman–Crippen LogP) is 2.51. The van der Waals surface area contributed by atoms with Crippen molar-refractivity contribution in [1.29, 1.82) is 0 Å². The highest BCUT2D eigenvalue weighted by Crippen LogP contribution is 2.34. The first-order chi connectivity index (χ1) is 9.45. The zero-order valence-electron chi connectivity index (χ0n) is 11.1. The van der Waals surface area contributed by atoms with E-state index < -0.39 is 23.9 Å². The number of rotatable bonds is 5. The lowest BCUT2D eigenvalue weighted by Gasteiger charge is -2.17. The molecular weight excluding hydrogens is 263 g/mol. The molecule has 1 unspecified atom stereocenters. The fourth-order valence-electron chi connectivity index (χ4n) is 2.08. The van der Waals surface area contributed by atoms with Crippen LogP contribution in [0.25, 0.3) is 0 Å². The smallest absolute Gasteiger partial charge is 0.319 e. The number of amides is 2. The summed E-state index contributed by atoms with van der Waals surface area (Å²) in [5.41, 5.74) is 0.915. The molecule has 2 amide bonds.